The summed E-state index contributed by atoms with van der Waals surface area (Å²) in [6.07, 6.45) is 0.298. The molecule has 0 bridgehead atoms. The minimum absolute atomic E-state index is 0.00345. The molecule has 41 heavy (non-hydrogen) atoms. The van der Waals surface area contributed by atoms with Gasteiger partial charge in [0.05, 0.1) is 27.2 Å². The zero-order valence-corrected chi connectivity index (χ0v) is 26.0. The standard InChI is InChI=1S/C29H32Cl3N3O5S/c1-4-27(29(37)33-5-2)34(18-20-7-16-25(31)26(32)17-20)28(36)19-35(22-10-12-23(13-11-22)40-6-3)41(38,39)24-14-8-21(30)9-15-24/h7-17,27H,4-6,18-19H2,1-3H3,(H,33,37). The number of likely N-dealkylation sites (N-methyl/N-ethyl adjacent to an activating group) is 1. The SMILES string of the molecule is CCNC(=O)C(CC)N(Cc1ccc(Cl)c(Cl)c1)C(=O)CN(c1ccc(OCC)cc1)S(=O)(=O)c1ccc(Cl)cc1. The van der Waals surface area contributed by atoms with Gasteiger partial charge in [0.2, 0.25) is 11.8 Å². The van der Waals surface area contributed by atoms with Crippen LogP contribution in [0.5, 0.6) is 5.75 Å². The third-order valence-electron chi connectivity index (χ3n) is 6.19. The Morgan fingerprint density at radius 2 is 1.56 bits per heavy atom. The summed E-state index contributed by atoms with van der Waals surface area (Å²) in [5.41, 5.74) is 0.876. The zero-order valence-electron chi connectivity index (χ0n) is 22.9. The minimum Gasteiger partial charge on any atom is -0.494 e. The molecule has 1 atom stereocenters. The number of hydrogen-bond acceptors (Lipinski definition) is 5. The van der Waals surface area contributed by atoms with Gasteiger partial charge in [0.25, 0.3) is 10.0 Å². The second-order valence-corrected chi connectivity index (χ2v) is 12.1. The van der Waals surface area contributed by atoms with E-state index in [4.69, 9.17) is 39.5 Å². The number of sulfonamides is 1. The van der Waals surface area contributed by atoms with Crippen molar-refractivity contribution in [2.45, 2.75) is 44.7 Å². The highest BCUT2D eigenvalue weighted by Crippen LogP contribution is 2.28. The van der Waals surface area contributed by atoms with Gasteiger partial charge in [0.1, 0.15) is 18.3 Å². The molecule has 12 heteroatoms. The zero-order chi connectivity index (χ0) is 30.2. The number of benzene rings is 3. The van der Waals surface area contributed by atoms with Crippen LogP contribution in [0.25, 0.3) is 0 Å². The van der Waals surface area contributed by atoms with E-state index in [9.17, 15) is 18.0 Å². The number of nitrogens with one attached hydrogen (secondary N) is 1. The smallest absolute Gasteiger partial charge is 0.264 e. The summed E-state index contributed by atoms with van der Waals surface area (Å²) in [6, 6.07) is 16.1. The van der Waals surface area contributed by atoms with Gasteiger partial charge >= 0.3 is 0 Å². The van der Waals surface area contributed by atoms with E-state index in [1.165, 1.54) is 29.2 Å². The third-order valence-corrected chi connectivity index (χ3v) is 8.97. The first kappa shape index (κ1) is 32.5. The topological polar surface area (TPSA) is 96.0 Å². The number of carbonyl (C=O) groups excluding carboxylic acids is 2. The van der Waals surface area contributed by atoms with E-state index < -0.39 is 28.5 Å². The Morgan fingerprint density at radius 3 is 2.12 bits per heavy atom. The molecule has 0 saturated carbocycles. The van der Waals surface area contributed by atoms with Crippen LogP contribution in [0.15, 0.2) is 71.6 Å². The van der Waals surface area contributed by atoms with Gasteiger partial charge in [-0.3, -0.25) is 13.9 Å². The molecule has 0 heterocycles. The Kier molecular flexibility index (Phi) is 11.7. The van der Waals surface area contributed by atoms with Crippen molar-refractivity contribution < 1.29 is 22.7 Å². The Labute approximate surface area is 256 Å². The molecular formula is C29H32Cl3N3O5S. The maximum atomic E-state index is 14.0. The summed E-state index contributed by atoms with van der Waals surface area (Å²) < 4.78 is 34.3. The van der Waals surface area contributed by atoms with Gasteiger partial charge in [0.15, 0.2) is 0 Å². The Bertz CT molecular complexity index is 1450. The first-order chi connectivity index (χ1) is 19.5. The highest BCUT2D eigenvalue weighted by molar-refractivity contribution is 7.92. The molecule has 8 nitrogen and oxygen atoms in total. The summed E-state index contributed by atoms with van der Waals surface area (Å²) in [5, 5.41) is 3.78. The van der Waals surface area contributed by atoms with Crippen LogP contribution in [-0.2, 0) is 26.2 Å². The summed E-state index contributed by atoms with van der Waals surface area (Å²) in [7, 11) is -4.23. The number of hydrogen-bond donors (Lipinski definition) is 1. The van der Waals surface area contributed by atoms with Crippen LogP contribution >= 0.6 is 34.8 Å². The maximum absolute atomic E-state index is 14.0. The number of anilines is 1. The van der Waals surface area contributed by atoms with Gasteiger partial charge in [-0.25, -0.2) is 8.42 Å². The first-order valence-electron chi connectivity index (χ1n) is 13.0. The number of rotatable bonds is 13. The van der Waals surface area contributed by atoms with Crippen molar-refractivity contribution in [1.29, 1.82) is 0 Å². The molecule has 0 aliphatic carbocycles. The highest BCUT2D eigenvalue weighted by atomic mass is 35.5. The van der Waals surface area contributed by atoms with Crippen molar-refractivity contribution in [2.24, 2.45) is 0 Å². The third kappa shape index (κ3) is 8.29. The van der Waals surface area contributed by atoms with Gasteiger partial charge in [-0.2, -0.15) is 0 Å². The average molecular weight is 641 g/mol. The lowest BCUT2D eigenvalue weighted by molar-refractivity contribution is -0.140. The fourth-order valence-corrected chi connectivity index (χ4v) is 6.04. The molecule has 0 spiro atoms. The molecule has 0 aliphatic rings. The minimum atomic E-state index is -4.23. The number of nitrogens with zero attached hydrogens (tertiary/aromatic N) is 2. The van der Waals surface area contributed by atoms with E-state index in [1.54, 1.807) is 56.3 Å². The van der Waals surface area contributed by atoms with E-state index in [-0.39, 0.29) is 23.0 Å². The quantitative estimate of drug-likeness (QED) is 0.241. The number of ether oxygens (including phenoxy) is 1. The lowest BCUT2D eigenvalue weighted by atomic mass is 10.1. The Hall–Kier alpha value is -2.98. The lowest BCUT2D eigenvalue weighted by Crippen LogP contribution is -2.52. The van der Waals surface area contributed by atoms with Crippen LogP contribution in [-0.4, -0.2) is 50.9 Å². The van der Waals surface area contributed by atoms with Crippen LogP contribution in [0, 0.1) is 0 Å². The molecule has 0 aliphatic heterocycles. The van der Waals surface area contributed by atoms with Crippen LogP contribution in [0.1, 0.15) is 32.8 Å². The first-order valence-corrected chi connectivity index (χ1v) is 15.6. The van der Waals surface area contributed by atoms with Gasteiger partial charge in [-0.1, -0.05) is 47.8 Å². The van der Waals surface area contributed by atoms with Crippen molar-refractivity contribution in [1.82, 2.24) is 10.2 Å². The summed E-state index contributed by atoms with van der Waals surface area (Å²) in [4.78, 5) is 28.4. The molecule has 1 N–H and O–H groups in total. The van der Waals surface area contributed by atoms with E-state index >= 15 is 0 Å². The van der Waals surface area contributed by atoms with Crippen LogP contribution in [0.3, 0.4) is 0 Å². The van der Waals surface area contributed by atoms with Crippen molar-refractivity contribution >= 4 is 62.3 Å². The molecule has 2 amide bonds. The second-order valence-electron chi connectivity index (χ2n) is 8.98. The van der Waals surface area contributed by atoms with Gasteiger partial charge in [-0.05, 0) is 86.5 Å². The summed E-state index contributed by atoms with van der Waals surface area (Å²) in [6.45, 7) is 5.64. The van der Waals surface area contributed by atoms with E-state index in [1.807, 2.05) is 6.92 Å². The van der Waals surface area contributed by atoms with Gasteiger partial charge in [-0.15, -0.1) is 0 Å². The van der Waals surface area contributed by atoms with Gasteiger partial charge in [0, 0.05) is 18.1 Å². The predicted molar refractivity (Wildman–Crippen MR) is 163 cm³/mol. The van der Waals surface area contributed by atoms with E-state index in [0.29, 0.717) is 46.0 Å². The van der Waals surface area contributed by atoms with Crippen LogP contribution < -0.4 is 14.4 Å². The highest BCUT2D eigenvalue weighted by Gasteiger charge is 2.33. The fourth-order valence-electron chi connectivity index (χ4n) is 4.18. The Balaban J connectivity index is 2.07. The average Bonchev–Trinajstić information content (AvgIpc) is 2.94. The number of carbonyl (C=O) groups is 2. The van der Waals surface area contributed by atoms with E-state index in [0.717, 1.165) is 4.31 Å². The molecule has 3 rings (SSSR count). The molecule has 1 unspecified atom stereocenters. The lowest BCUT2D eigenvalue weighted by Gasteiger charge is -2.33. The predicted octanol–water partition coefficient (Wildman–Crippen LogP) is 6.18. The molecule has 3 aromatic carbocycles. The van der Waals surface area contributed by atoms with Crippen LogP contribution in [0.4, 0.5) is 5.69 Å². The van der Waals surface area contributed by atoms with Gasteiger partial charge < -0.3 is 15.0 Å². The molecule has 220 valence electrons. The maximum Gasteiger partial charge on any atom is 0.264 e. The fraction of sp³-hybridized carbons (Fsp3) is 0.310. The number of halogens is 3. The molecule has 0 saturated heterocycles. The van der Waals surface area contributed by atoms with Crippen molar-refractivity contribution in [3.8, 4) is 5.75 Å². The molecule has 0 aromatic heterocycles. The monoisotopic (exact) mass is 639 g/mol. The molecule has 0 radical (unpaired) electrons. The molecule has 0 fully saturated rings. The van der Waals surface area contributed by atoms with Crippen molar-refractivity contribution in [3.05, 3.63) is 87.4 Å². The Morgan fingerprint density at radius 1 is 0.902 bits per heavy atom. The molecule has 3 aromatic rings. The van der Waals surface area contributed by atoms with Crippen molar-refractivity contribution in [3.63, 3.8) is 0 Å². The summed E-state index contributed by atoms with van der Waals surface area (Å²) in [5.74, 6) is -0.382. The van der Waals surface area contributed by atoms with Crippen LogP contribution in [0.2, 0.25) is 15.1 Å². The van der Waals surface area contributed by atoms with Crippen molar-refractivity contribution in [2.75, 3.05) is 24.0 Å². The molecular weight excluding hydrogens is 609 g/mol. The number of amides is 2. The summed E-state index contributed by atoms with van der Waals surface area (Å²) >= 11 is 18.3. The normalized spacial score (nSPS) is 12.0. The van der Waals surface area contributed by atoms with E-state index in [2.05, 4.69) is 5.32 Å². The largest absolute Gasteiger partial charge is 0.494 e. The second kappa shape index (κ2) is 14.8.